The lowest BCUT2D eigenvalue weighted by Gasteiger charge is -2.07. The fourth-order valence-corrected chi connectivity index (χ4v) is 3.92. The fraction of sp³-hybridized carbons (Fsp3) is 0.0800. The molecule has 1 heterocycles. The molecule has 0 unspecified atom stereocenters. The average Bonchev–Trinajstić information content (AvgIpc) is 3.22. The molecule has 3 aromatic carbocycles. The third-order valence-corrected chi connectivity index (χ3v) is 5.84. The molecule has 0 aliphatic carbocycles. The van der Waals surface area contributed by atoms with Gasteiger partial charge in [0.1, 0.15) is 28.1 Å². The predicted molar refractivity (Wildman–Crippen MR) is 125 cm³/mol. The number of hydrogen-bond donors (Lipinski definition) is 1. The number of carbonyl (C=O) groups excluding carboxylic acids is 1. The van der Waals surface area contributed by atoms with E-state index in [-0.39, 0.29) is 18.3 Å². The lowest BCUT2D eigenvalue weighted by atomic mass is 10.2. The minimum absolute atomic E-state index is 0.148. The molecule has 0 saturated carbocycles. The molecule has 7 heteroatoms. The first-order valence-corrected chi connectivity index (χ1v) is 10.7. The summed E-state index contributed by atoms with van der Waals surface area (Å²) in [6.45, 7) is 1.96. The van der Waals surface area contributed by atoms with Gasteiger partial charge in [-0.2, -0.15) is 5.10 Å². The van der Waals surface area contributed by atoms with Crippen LogP contribution in [-0.4, -0.2) is 17.1 Å². The second-order valence-corrected chi connectivity index (χ2v) is 7.95. The second kappa shape index (κ2) is 9.98. The van der Waals surface area contributed by atoms with Crippen molar-refractivity contribution in [3.8, 4) is 16.3 Å². The Balaban J connectivity index is 1.33. The van der Waals surface area contributed by atoms with Crippen LogP contribution in [0.1, 0.15) is 26.5 Å². The van der Waals surface area contributed by atoms with Crippen LogP contribution < -0.4 is 10.2 Å². The molecule has 1 amide bonds. The minimum Gasteiger partial charge on any atom is -0.489 e. The third-order valence-electron chi connectivity index (χ3n) is 4.64. The summed E-state index contributed by atoms with van der Waals surface area (Å²) in [4.78, 5) is 17.5. The largest absolute Gasteiger partial charge is 0.489 e. The van der Waals surface area contributed by atoms with E-state index in [4.69, 9.17) is 4.74 Å². The van der Waals surface area contributed by atoms with Crippen molar-refractivity contribution in [1.82, 2.24) is 10.4 Å². The Kier molecular flexibility index (Phi) is 6.67. The van der Waals surface area contributed by atoms with Gasteiger partial charge in [-0.3, -0.25) is 4.79 Å². The van der Waals surface area contributed by atoms with Crippen molar-refractivity contribution < 1.29 is 13.9 Å². The van der Waals surface area contributed by atoms with Gasteiger partial charge < -0.3 is 4.74 Å². The number of ether oxygens (including phenoxy) is 1. The number of amides is 1. The molecule has 32 heavy (non-hydrogen) atoms. The summed E-state index contributed by atoms with van der Waals surface area (Å²) >= 11 is 1.33. The van der Waals surface area contributed by atoms with Crippen LogP contribution in [0.25, 0.3) is 10.6 Å². The molecule has 1 N–H and O–H groups in total. The maximum atomic E-state index is 13.7. The highest BCUT2D eigenvalue weighted by Crippen LogP contribution is 2.27. The van der Waals surface area contributed by atoms with E-state index in [1.54, 1.807) is 48.7 Å². The highest BCUT2D eigenvalue weighted by molar-refractivity contribution is 7.17. The van der Waals surface area contributed by atoms with Gasteiger partial charge >= 0.3 is 0 Å². The molecule has 0 spiro atoms. The average molecular weight is 446 g/mol. The van der Waals surface area contributed by atoms with Crippen LogP contribution in [0.4, 0.5) is 4.39 Å². The van der Waals surface area contributed by atoms with Gasteiger partial charge in [0.05, 0.1) is 11.9 Å². The zero-order valence-corrected chi connectivity index (χ0v) is 18.1. The first-order valence-electron chi connectivity index (χ1n) is 9.92. The van der Waals surface area contributed by atoms with Crippen molar-refractivity contribution in [2.45, 2.75) is 13.5 Å². The van der Waals surface area contributed by atoms with Crippen molar-refractivity contribution in [3.63, 3.8) is 0 Å². The number of thiazole rings is 1. The van der Waals surface area contributed by atoms with Gasteiger partial charge in [0.15, 0.2) is 0 Å². The maximum Gasteiger partial charge on any atom is 0.283 e. The normalized spacial score (nSPS) is 10.9. The Morgan fingerprint density at radius 2 is 1.78 bits per heavy atom. The number of aromatic nitrogens is 1. The van der Waals surface area contributed by atoms with E-state index < -0.39 is 0 Å². The molecule has 0 bridgehead atoms. The van der Waals surface area contributed by atoms with E-state index in [0.717, 1.165) is 16.1 Å². The Hall–Kier alpha value is -3.84. The van der Waals surface area contributed by atoms with Crippen LogP contribution in [0.15, 0.2) is 84.0 Å². The number of carbonyl (C=O) groups is 1. The van der Waals surface area contributed by atoms with Gasteiger partial charge in [-0.15, -0.1) is 11.3 Å². The number of hydrazone groups is 1. The van der Waals surface area contributed by atoms with Crippen LogP contribution in [0.2, 0.25) is 0 Å². The Morgan fingerprint density at radius 1 is 1.06 bits per heavy atom. The number of hydrogen-bond acceptors (Lipinski definition) is 5. The number of nitrogens with zero attached hydrogens (tertiary/aromatic N) is 2. The Bertz CT molecular complexity index is 1240. The van der Waals surface area contributed by atoms with Crippen molar-refractivity contribution in [2.24, 2.45) is 5.10 Å². The zero-order valence-electron chi connectivity index (χ0n) is 17.3. The zero-order chi connectivity index (χ0) is 22.3. The molecule has 1 aromatic heterocycles. The quantitative estimate of drug-likeness (QED) is 0.297. The Morgan fingerprint density at radius 3 is 2.53 bits per heavy atom. The summed E-state index contributed by atoms with van der Waals surface area (Å²) in [5, 5.41) is 4.83. The summed E-state index contributed by atoms with van der Waals surface area (Å²) in [6.07, 6.45) is 1.55. The fourth-order valence-electron chi connectivity index (χ4n) is 2.95. The molecule has 160 valence electrons. The molecule has 0 aliphatic rings. The smallest absolute Gasteiger partial charge is 0.283 e. The molecular weight excluding hydrogens is 425 g/mol. The van der Waals surface area contributed by atoms with Crippen LogP contribution in [-0.2, 0) is 6.61 Å². The van der Waals surface area contributed by atoms with Gasteiger partial charge in [0, 0.05) is 11.1 Å². The summed E-state index contributed by atoms with van der Waals surface area (Å²) < 4.78 is 19.3. The Labute approximate surface area is 189 Å². The first kappa shape index (κ1) is 21.4. The predicted octanol–water partition coefficient (Wildman–Crippen LogP) is 5.60. The van der Waals surface area contributed by atoms with Crippen LogP contribution >= 0.6 is 11.3 Å². The first-order chi connectivity index (χ1) is 15.6. The summed E-state index contributed by atoms with van der Waals surface area (Å²) in [6, 6.07) is 23.4. The van der Waals surface area contributed by atoms with E-state index in [2.05, 4.69) is 15.5 Å². The van der Waals surface area contributed by atoms with Gasteiger partial charge in [-0.1, -0.05) is 48.5 Å². The molecule has 4 aromatic rings. The van der Waals surface area contributed by atoms with Crippen LogP contribution in [0, 0.1) is 12.7 Å². The lowest BCUT2D eigenvalue weighted by molar-refractivity contribution is 0.0958. The standard InChI is InChI=1S/C25H20FN3O2S/c1-17-23(32-25(28-17)19-7-3-2-4-8-19)24(30)29-27-15-18-11-13-21(14-12-18)31-16-20-9-5-6-10-22(20)26/h2-15H,16H2,1H3,(H,29,30)/b27-15+. The van der Waals surface area contributed by atoms with E-state index in [1.807, 2.05) is 37.3 Å². The summed E-state index contributed by atoms with van der Waals surface area (Å²) in [5.41, 5.74) is 5.47. The third kappa shape index (κ3) is 5.25. The molecule has 5 nitrogen and oxygen atoms in total. The highest BCUT2D eigenvalue weighted by atomic mass is 32.1. The van der Waals surface area contributed by atoms with E-state index >= 15 is 0 Å². The van der Waals surface area contributed by atoms with Crippen molar-refractivity contribution in [3.05, 3.63) is 106 Å². The lowest BCUT2D eigenvalue weighted by Crippen LogP contribution is -2.17. The van der Waals surface area contributed by atoms with E-state index in [0.29, 0.717) is 21.9 Å². The molecule has 4 rings (SSSR count). The molecule has 0 radical (unpaired) electrons. The van der Waals surface area contributed by atoms with Gasteiger partial charge in [0.2, 0.25) is 0 Å². The van der Waals surface area contributed by atoms with Crippen LogP contribution in [0.3, 0.4) is 0 Å². The van der Waals surface area contributed by atoms with Crippen molar-refractivity contribution >= 4 is 23.5 Å². The van der Waals surface area contributed by atoms with Crippen molar-refractivity contribution in [2.75, 3.05) is 0 Å². The van der Waals surface area contributed by atoms with E-state index in [9.17, 15) is 9.18 Å². The maximum absolute atomic E-state index is 13.7. The van der Waals surface area contributed by atoms with Gasteiger partial charge in [0.25, 0.3) is 5.91 Å². The number of halogens is 1. The monoisotopic (exact) mass is 445 g/mol. The summed E-state index contributed by atoms with van der Waals surface area (Å²) in [7, 11) is 0. The molecule has 0 atom stereocenters. The molecule has 0 saturated heterocycles. The second-order valence-electron chi connectivity index (χ2n) is 6.95. The van der Waals surface area contributed by atoms with Gasteiger partial charge in [-0.05, 0) is 42.8 Å². The van der Waals surface area contributed by atoms with Gasteiger partial charge in [-0.25, -0.2) is 14.8 Å². The van der Waals surface area contributed by atoms with E-state index in [1.165, 1.54) is 17.4 Å². The van der Waals surface area contributed by atoms with Crippen molar-refractivity contribution in [1.29, 1.82) is 0 Å². The molecule has 0 aliphatic heterocycles. The SMILES string of the molecule is Cc1nc(-c2ccccc2)sc1C(=O)N/N=C/c1ccc(OCc2ccccc2F)cc1. The number of nitrogens with one attached hydrogen (secondary N) is 1. The number of rotatable bonds is 7. The van der Waals surface area contributed by atoms with Crippen LogP contribution in [0.5, 0.6) is 5.75 Å². The summed E-state index contributed by atoms with van der Waals surface area (Å²) in [5.74, 6) is 0.0190. The number of aryl methyl sites for hydroxylation is 1. The minimum atomic E-state index is -0.303. The topological polar surface area (TPSA) is 63.6 Å². The molecule has 0 fully saturated rings. The molecular formula is C25H20FN3O2S. The highest BCUT2D eigenvalue weighted by Gasteiger charge is 2.15. The number of benzene rings is 3.